The Morgan fingerprint density at radius 1 is 0.897 bits per heavy atom. The highest BCUT2D eigenvalue weighted by atomic mass is 16.5. The summed E-state index contributed by atoms with van der Waals surface area (Å²) in [5.41, 5.74) is 3.08. The van der Waals surface area contributed by atoms with E-state index in [1.807, 2.05) is 12.1 Å². The highest BCUT2D eigenvalue weighted by Crippen LogP contribution is 2.23. The van der Waals surface area contributed by atoms with E-state index in [9.17, 15) is 19.5 Å². The number of nitrogens with one attached hydrogen (secondary N) is 1. The number of nitrogens with zero attached hydrogens (tertiary/aromatic N) is 2. The third kappa shape index (κ3) is 6.95. The van der Waals surface area contributed by atoms with Crippen LogP contribution in [0.2, 0.25) is 0 Å². The fourth-order valence-electron chi connectivity index (χ4n) is 3.82. The first-order chi connectivity index (χ1) is 18.5. The molecule has 0 aliphatic rings. The molecule has 9 nitrogen and oxygen atoms in total. The maximum Gasteiger partial charge on any atom is 0.343 e. The van der Waals surface area contributed by atoms with Crippen molar-refractivity contribution in [2.45, 2.75) is 45.6 Å². The first-order valence-electron chi connectivity index (χ1n) is 12.4. The Bertz CT molecular complexity index is 1470. The summed E-state index contributed by atoms with van der Waals surface area (Å²) < 4.78 is 10.8. The Kier molecular flexibility index (Phi) is 7.90. The predicted octanol–water partition coefficient (Wildman–Crippen LogP) is 4.99. The van der Waals surface area contributed by atoms with Crippen LogP contribution in [0.25, 0.3) is 11.5 Å². The summed E-state index contributed by atoms with van der Waals surface area (Å²) in [5.74, 6) is -1.06. The zero-order valence-electron chi connectivity index (χ0n) is 22.1. The van der Waals surface area contributed by atoms with E-state index in [2.05, 4.69) is 36.3 Å². The number of ether oxygens (including phenoxy) is 1. The maximum absolute atomic E-state index is 12.7. The van der Waals surface area contributed by atoms with Crippen LogP contribution >= 0.6 is 0 Å². The second-order valence-electron chi connectivity index (χ2n) is 10.1. The summed E-state index contributed by atoms with van der Waals surface area (Å²) in [4.78, 5) is 37.1. The number of hydrogen-bond donors (Lipinski definition) is 2. The molecule has 3 aromatic carbocycles. The van der Waals surface area contributed by atoms with Crippen LogP contribution in [0.15, 0.2) is 77.2 Å². The number of esters is 1. The van der Waals surface area contributed by atoms with Crippen molar-refractivity contribution in [1.82, 2.24) is 15.5 Å². The second-order valence-corrected chi connectivity index (χ2v) is 10.1. The van der Waals surface area contributed by atoms with Crippen molar-refractivity contribution in [2.24, 2.45) is 0 Å². The number of amides is 1. The molecule has 39 heavy (non-hydrogen) atoms. The Labute approximate surface area is 225 Å². The minimum atomic E-state index is -1.15. The van der Waals surface area contributed by atoms with E-state index in [1.165, 1.54) is 0 Å². The topological polar surface area (TPSA) is 132 Å². The molecule has 0 bridgehead atoms. The van der Waals surface area contributed by atoms with Crippen LogP contribution in [0.5, 0.6) is 5.75 Å². The maximum atomic E-state index is 12.7. The van der Waals surface area contributed by atoms with Crippen molar-refractivity contribution in [2.75, 3.05) is 0 Å². The molecule has 0 saturated heterocycles. The Morgan fingerprint density at radius 3 is 2.05 bits per heavy atom. The lowest BCUT2D eigenvalue weighted by Crippen LogP contribution is -2.42. The molecule has 4 aromatic rings. The first kappa shape index (κ1) is 27.3. The average Bonchev–Trinajstić information content (AvgIpc) is 3.35. The molecule has 0 spiro atoms. The van der Waals surface area contributed by atoms with Gasteiger partial charge in [0.05, 0.1) is 5.56 Å². The van der Waals surface area contributed by atoms with Crippen molar-refractivity contribution < 1.29 is 28.6 Å². The van der Waals surface area contributed by atoms with Gasteiger partial charge in [-0.2, -0.15) is 0 Å². The van der Waals surface area contributed by atoms with E-state index in [0.717, 1.165) is 5.56 Å². The van der Waals surface area contributed by atoms with Crippen molar-refractivity contribution >= 4 is 17.8 Å². The summed E-state index contributed by atoms with van der Waals surface area (Å²) in [6.45, 7) is 7.92. The lowest BCUT2D eigenvalue weighted by atomic mass is 9.86. The molecule has 0 radical (unpaired) electrons. The van der Waals surface area contributed by atoms with Crippen LogP contribution < -0.4 is 10.1 Å². The van der Waals surface area contributed by atoms with Gasteiger partial charge in [0.25, 0.3) is 5.91 Å². The molecule has 1 unspecified atom stereocenters. The van der Waals surface area contributed by atoms with Crippen LogP contribution in [0.3, 0.4) is 0 Å². The van der Waals surface area contributed by atoms with Gasteiger partial charge >= 0.3 is 11.9 Å². The van der Waals surface area contributed by atoms with Crippen LogP contribution in [0.1, 0.15) is 58.5 Å². The zero-order chi connectivity index (χ0) is 28.2. The second kappa shape index (κ2) is 11.3. The van der Waals surface area contributed by atoms with Crippen LogP contribution in [-0.4, -0.2) is 39.2 Å². The molecule has 0 saturated carbocycles. The number of aryl methyl sites for hydroxylation is 1. The van der Waals surface area contributed by atoms with E-state index >= 15 is 0 Å². The molecule has 200 valence electrons. The molecule has 1 amide bonds. The fraction of sp³-hybridized carbons (Fsp3) is 0.233. The van der Waals surface area contributed by atoms with Crippen molar-refractivity contribution in [1.29, 1.82) is 0 Å². The van der Waals surface area contributed by atoms with Gasteiger partial charge < -0.3 is 19.6 Å². The number of benzene rings is 3. The normalized spacial score (nSPS) is 12.0. The molecule has 1 atom stereocenters. The molecule has 0 aliphatic heterocycles. The van der Waals surface area contributed by atoms with Gasteiger partial charge in [0.2, 0.25) is 11.8 Å². The van der Waals surface area contributed by atoms with E-state index in [1.54, 1.807) is 67.6 Å². The summed E-state index contributed by atoms with van der Waals surface area (Å²) >= 11 is 0. The number of carbonyl (C=O) groups is 3. The number of rotatable bonds is 8. The molecular formula is C30H29N3O6. The van der Waals surface area contributed by atoms with Gasteiger partial charge in [0.15, 0.2) is 0 Å². The van der Waals surface area contributed by atoms with Gasteiger partial charge in [0.1, 0.15) is 11.8 Å². The van der Waals surface area contributed by atoms with Gasteiger partial charge in [-0.15, -0.1) is 10.2 Å². The number of carboxylic acid groups (broad SMARTS) is 1. The number of aliphatic carboxylic acids is 1. The van der Waals surface area contributed by atoms with Gasteiger partial charge in [-0.25, -0.2) is 9.59 Å². The van der Waals surface area contributed by atoms with E-state index in [0.29, 0.717) is 39.8 Å². The fourth-order valence-corrected chi connectivity index (χ4v) is 3.82. The molecule has 0 fully saturated rings. The molecule has 9 heteroatoms. The molecule has 2 N–H and O–H groups in total. The van der Waals surface area contributed by atoms with Gasteiger partial charge in [-0.1, -0.05) is 45.0 Å². The molecule has 1 heterocycles. The lowest BCUT2D eigenvalue weighted by molar-refractivity contribution is -0.139. The van der Waals surface area contributed by atoms with E-state index in [-0.39, 0.29) is 11.8 Å². The largest absolute Gasteiger partial charge is 0.480 e. The lowest BCUT2D eigenvalue weighted by Gasteiger charge is -2.19. The Hall–Kier alpha value is -4.79. The smallest absolute Gasteiger partial charge is 0.343 e. The van der Waals surface area contributed by atoms with Crippen LogP contribution in [0.4, 0.5) is 0 Å². The monoisotopic (exact) mass is 527 g/mol. The zero-order valence-corrected chi connectivity index (χ0v) is 22.1. The van der Waals surface area contributed by atoms with Gasteiger partial charge in [0, 0.05) is 24.5 Å². The third-order valence-corrected chi connectivity index (χ3v) is 6.08. The number of aromatic nitrogens is 2. The first-order valence-corrected chi connectivity index (χ1v) is 12.4. The summed E-state index contributed by atoms with van der Waals surface area (Å²) in [6.07, 6.45) is 0.0615. The van der Waals surface area contributed by atoms with Crippen molar-refractivity contribution in [3.8, 4) is 17.2 Å². The predicted molar refractivity (Wildman–Crippen MR) is 144 cm³/mol. The minimum Gasteiger partial charge on any atom is -0.480 e. The molecule has 4 rings (SSSR count). The Morgan fingerprint density at radius 2 is 1.51 bits per heavy atom. The van der Waals surface area contributed by atoms with Gasteiger partial charge in [-0.3, -0.25) is 4.79 Å². The molecule has 0 aliphatic carbocycles. The number of carboxylic acids is 1. The van der Waals surface area contributed by atoms with Crippen molar-refractivity contribution in [3.05, 3.63) is 101 Å². The minimum absolute atomic E-state index is 0.0566. The van der Waals surface area contributed by atoms with Crippen LogP contribution in [0, 0.1) is 6.92 Å². The average molecular weight is 528 g/mol. The van der Waals surface area contributed by atoms with E-state index in [4.69, 9.17) is 9.15 Å². The highest BCUT2D eigenvalue weighted by Gasteiger charge is 2.22. The summed E-state index contributed by atoms with van der Waals surface area (Å²) in [5, 5.41) is 20.0. The summed E-state index contributed by atoms with van der Waals surface area (Å²) in [7, 11) is 0. The van der Waals surface area contributed by atoms with Crippen LogP contribution in [-0.2, 0) is 16.6 Å². The highest BCUT2D eigenvalue weighted by molar-refractivity contribution is 5.96. The SMILES string of the molecule is Cc1nnc(-c2ccc(C(=O)Oc3ccc(CC(NC(=O)c4ccc(C(C)(C)C)cc4)C(=O)O)cc3)cc2)o1. The Balaban J connectivity index is 1.35. The molecular weight excluding hydrogens is 498 g/mol. The standard InChI is InChI=1S/C30H29N3O6/c1-18-32-33-27(38-18)21-7-9-22(10-8-21)29(37)39-24-15-5-19(6-16-24)17-25(28(35)36)31-26(34)20-11-13-23(14-12-20)30(2,3)4/h5-16,25H,17H2,1-4H3,(H,31,34)(H,35,36). The number of hydrogen-bond acceptors (Lipinski definition) is 7. The quantitative estimate of drug-likeness (QED) is 0.242. The summed E-state index contributed by atoms with van der Waals surface area (Å²) in [6, 6.07) is 19.0. The third-order valence-electron chi connectivity index (χ3n) is 6.08. The molecule has 1 aromatic heterocycles. The van der Waals surface area contributed by atoms with Gasteiger partial charge in [-0.05, 0) is 65.1 Å². The van der Waals surface area contributed by atoms with E-state index < -0.39 is 23.9 Å². The number of carbonyl (C=O) groups excluding carboxylic acids is 2. The van der Waals surface area contributed by atoms with Crippen molar-refractivity contribution in [3.63, 3.8) is 0 Å².